The van der Waals surface area contributed by atoms with Crippen LogP contribution in [0, 0.1) is 0 Å². The van der Waals surface area contributed by atoms with Crippen LogP contribution < -0.4 is 0 Å². The molecule has 0 aliphatic heterocycles. The molecule has 2 heterocycles. The van der Waals surface area contributed by atoms with Gasteiger partial charge in [0.1, 0.15) is 5.69 Å². The predicted octanol–water partition coefficient (Wildman–Crippen LogP) is 5.64. The maximum absolute atomic E-state index is 13.1. The standard InChI is InChI=1S/C21H15F3N4S/c22-21(23,24)16-11-12-25-18(13-16)19-26-27-20(28(19)17-9-5-2-6-10-17)29-14-15-7-3-1-4-8-15/h1-13H,14H2. The van der Waals surface area contributed by atoms with Crippen molar-refractivity contribution in [2.24, 2.45) is 0 Å². The van der Waals surface area contributed by atoms with Crippen LogP contribution in [0.15, 0.2) is 84.1 Å². The Morgan fingerprint density at radius 2 is 1.55 bits per heavy atom. The first-order valence-corrected chi connectivity index (χ1v) is 9.72. The molecule has 0 spiro atoms. The van der Waals surface area contributed by atoms with E-state index in [1.54, 1.807) is 4.57 Å². The van der Waals surface area contributed by atoms with E-state index in [1.165, 1.54) is 11.8 Å². The van der Waals surface area contributed by atoms with Crippen molar-refractivity contribution in [1.29, 1.82) is 0 Å². The topological polar surface area (TPSA) is 43.6 Å². The fraction of sp³-hybridized carbons (Fsp3) is 0.0952. The fourth-order valence-corrected chi connectivity index (χ4v) is 3.70. The van der Waals surface area contributed by atoms with Gasteiger partial charge >= 0.3 is 6.18 Å². The van der Waals surface area contributed by atoms with Crippen molar-refractivity contribution >= 4 is 11.8 Å². The number of thioether (sulfide) groups is 1. The molecule has 2 aromatic heterocycles. The highest BCUT2D eigenvalue weighted by Gasteiger charge is 2.31. The van der Waals surface area contributed by atoms with Gasteiger partial charge in [0.15, 0.2) is 11.0 Å². The lowest BCUT2D eigenvalue weighted by atomic mass is 10.2. The van der Waals surface area contributed by atoms with Crippen molar-refractivity contribution in [1.82, 2.24) is 19.7 Å². The van der Waals surface area contributed by atoms with Gasteiger partial charge in [-0.15, -0.1) is 10.2 Å². The van der Waals surface area contributed by atoms with Crippen LogP contribution in [0.1, 0.15) is 11.1 Å². The highest BCUT2D eigenvalue weighted by Crippen LogP contribution is 2.33. The molecule has 0 bridgehead atoms. The van der Waals surface area contributed by atoms with Crippen LogP contribution in [0.5, 0.6) is 0 Å². The van der Waals surface area contributed by atoms with E-state index in [-0.39, 0.29) is 11.5 Å². The van der Waals surface area contributed by atoms with E-state index < -0.39 is 11.7 Å². The Morgan fingerprint density at radius 1 is 0.862 bits per heavy atom. The third-order valence-electron chi connectivity index (χ3n) is 4.17. The number of nitrogens with zero attached hydrogens (tertiary/aromatic N) is 4. The number of para-hydroxylation sites is 1. The van der Waals surface area contributed by atoms with Gasteiger partial charge in [0.2, 0.25) is 0 Å². The molecule has 0 aliphatic carbocycles. The summed E-state index contributed by atoms with van der Waals surface area (Å²) in [6.45, 7) is 0. The van der Waals surface area contributed by atoms with Gasteiger partial charge in [-0.05, 0) is 29.8 Å². The molecule has 0 N–H and O–H groups in total. The molecule has 0 atom stereocenters. The summed E-state index contributed by atoms with van der Waals surface area (Å²) in [6, 6.07) is 21.1. The van der Waals surface area contributed by atoms with Crippen LogP contribution in [0.4, 0.5) is 13.2 Å². The summed E-state index contributed by atoms with van der Waals surface area (Å²) in [4.78, 5) is 4.11. The zero-order valence-electron chi connectivity index (χ0n) is 15.0. The van der Waals surface area contributed by atoms with E-state index in [4.69, 9.17) is 0 Å². The Kier molecular flexibility index (Phi) is 5.35. The SMILES string of the molecule is FC(F)(F)c1ccnc(-c2nnc(SCc3ccccc3)n2-c2ccccc2)c1. The molecule has 8 heteroatoms. The maximum Gasteiger partial charge on any atom is 0.416 e. The number of alkyl halides is 3. The normalized spacial score (nSPS) is 11.6. The first-order chi connectivity index (χ1) is 14.0. The molecule has 4 rings (SSSR count). The molecule has 4 nitrogen and oxygen atoms in total. The predicted molar refractivity (Wildman–Crippen MR) is 106 cm³/mol. The van der Waals surface area contributed by atoms with Crippen LogP contribution in [0.2, 0.25) is 0 Å². The van der Waals surface area contributed by atoms with Gasteiger partial charge in [-0.25, -0.2) is 0 Å². The zero-order valence-corrected chi connectivity index (χ0v) is 15.9. The quantitative estimate of drug-likeness (QED) is 0.398. The smallest absolute Gasteiger partial charge is 0.269 e. The van der Waals surface area contributed by atoms with Crippen molar-refractivity contribution in [3.8, 4) is 17.2 Å². The minimum Gasteiger partial charge on any atom is -0.269 e. The second-order valence-corrected chi connectivity index (χ2v) is 7.12. The highest BCUT2D eigenvalue weighted by atomic mass is 32.2. The van der Waals surface area contributed by atoms with Gasteiger partial charge in [-0.3, -0.25) is 9.55 Å². The van der Waals surface area contributed by atoms with Gasteiger partial charge in [-0.2, -0.15) is 13.2 Å². The number of halogens is 3. The Hall–Kier alpha value is -3.13. The first-order valence-electron chi connectivity index (χ1n) is 8.73. The molecule has 146 valence electrons. The second-order valence-electron chi connectivity index (χ2n) is 6.18. The van der Waals surface area contributed by atoms with Crippen LogP contribution in [0.3, 0.4) is 0 Å². The van der Waals surface area contributed by atoms with Crippen molar-refractivity contribution in [3.05, 3.63) is 90.1 Å². The monoisotopic (exact) mass is 412 g/mol. The molecular weight excluding hydrogens is 397 g/mol. The summed E-state index contributed by atoms with van der Waals surface area (Å²) in [5, 5.41) is 8.97. The number of hydrogen-bond donors (Lipinski definition) is 0. The summed E-state index contributed by atoms with van der Waals surface area (Å²) in [5.41, 5.74) is 1.20. The summed E-state index contributed by atoms with van der Waals surface area (Å²) in [7, 11) is 0. The molecule has 0 radical (unpaired) electrons. The summed E-state index contributed by atoms with van der Waals surface area (Å²) >= 11 is 1.46. The van der Waals surface area contributed by atoms with E-state index in [9.17, 15) is 13.2 Å². The molecule has 4 aromatic rings. The van der Waals surface area contributed by atoms with Gasteiger partial charge in [-0.1, -0.05) is 60.3 Å². The Bertz CT molecular complexity index is 1100. The Morgan fingerprint density at radius 3 is 2.24 bits per heavy atom. The molecule has 2 aromatic carbocycles. The van der Waals surface area contributed by atoms with Crippen LogP contribution >= 0.6 is 11.8 Å². The van der Waals surface area contributed by atoms with Crippen molar-refractivity contribution in [2.75, 3.05) is 0 Å². The van der Waals surface area contributed by atoms with Crippen molar-refractivity contribution < 1.29 is 13.2 Å². The van der Waals surface area contributed by atoms with Gasteiger partial charge in [0.05, 0.1) is 5.56 Å². The van der Waals surface area contributed by atoms with Crippen molar-refractivity contribution in [2.45, 2.75) is 17.1 Å². The molecular formula is C21H15F3N4S. The van der Waals surface area contributed by atoms with Gasteiger partial charge in [0.25, 0.3) is 0 Å². The van der Waals surface area contributed by atoms with Gasteiger partial charge < -0.3 is 0 Å². The van der Waals surface area contributed by atoms with E-state index in [2.05, 4.69) is 15.2 Å². The van der Waals surface area contributed by atoms with Crippen LogP contribution in [-0.2, 0) is 11.9 Å². The average molecular weight is 412 g/mol. The molecule has 29 heavy (non-hydrogen) atoms. The molecule has 0 amide bonds. The minimum atomic E-state index is -4.46. The maximum atomic E-state index is 13.1. The lowest BCUT2D eigenvalue weighted by Crippen LogP contribution is -2.06. The Labute approximate surface area is 169 Å². The number of hydrogen-bond acceptors (Lipinski definition) is 4. The average Bonchev–Trinajstić information content (AvgIpc) is 3.17. The zero-order chi connectivity index (χ0) is 20.3. The third-order valence-corrected chi connectivity index (χ3v) is 5.17. The highest BCUT2D eigenvalue weighted by molar-refractivity contribution is 7.98. The summed E-state index contributed by atoms with van der Waals surface area (Å²) in [6.07, 6.45) is -3.32. The van der Waals surface area contributed by atoms with E-state index >= 15 is 0 Å². The van der Waals surface area contributed by atoms with E-state index in [1.807, 2.05) is 60.7 Å². The molecule has 0 fully saturated rings. The molecule has 0 saturated carbocycles. The number of rotatable bonds is 5. The lowest BCUT2D eigenvalue weighted by Gasteiger charge is -2.11. The van der Waals surface area contributed by atoms with Crippen LogP contribution in [-0.4, -0.2) is 19.7 Å². The molecule has 0 saturated heterocycles. The molecule has 0 unspecified atom stereocenters. The summed E-state index contributed by atoms with van der Waals surface area (Å²) in [5.74, 6) is 0.916. The number of aromatic nitrogens is 4. The lowest BCUT2D eigenvalue weighted by molar-refractivity contribution is -0.137. The fourth-order valence-electron chi connectivity index (χ4n) is 2.79. The second kappa shape index (κ2) is 8.08. The van der Waals surface area contributed by atoms with Gasteiger partial charge in [0, 0.05) is 17.6 Å². The molecule has 0 aliphatic rings. The number of pyridine rings is 1. The minimum absolute atomic E-state index is 0.114. The van der Waals surface area contributed by atoms with Crippen LogP contribution in [0.25, 0.3) is 17.2 Å². The summed E-state index contributed by atoms with van der Waals surface area (Å²) < 4.78 is 41.2. The van der Waals surface area contributed by atoms with E-state index in [0.717, 1.165) is 29.6 Å². The third kappa shape index (κ3) is 4.32. The Balaban J connectivity index is 1.76. The largest absolute Gasteiger partial charge is 0.416 e. The number of benzene rings is 2. The first kappa shape index (κ1) is 19.2. The van der Waals surface area contributed by atoms with Crippen molar-refractivity contribution in [3.63, 3.8) is 0 Å². The van der Waals surface area contributed by atoms with E-state index in [0.29, 0.717) is 10.9 Å².